The second-order valence-electron chi connectivity index (χ2n) is 5.28. The Morgan fingerprint density at radius 2 is 1.87 bits per heavy atom. The smallest absolute Gasteiger partial charge is 0.307 e. The molecule has 23 heavy (non-hydrogen) atoms. The third kappa shape index (κ3) is 2.57. The molecule has 2 heterocycles. The summed E-state index contributed by atoms with van der Waals surface area (Å²) >= 11 is 1.19. The summed E-state index contributed by atoms with van der Waals surface area (Å²) in [7, 11) is 0. The van der Waals surface area contributed by atoms with Crippen molar-refractivity contribution in [1.29, 1.82) is 0 Å². The molecule has 0 atom stereocenters. The highest BCUT2D eigenvalue weighted by molar-refractivity contribution is 7.07. The fourth-order valence-corrected chi connectivity index (χ4v) is 3.33. The first-order valence-electron chi connectivity index (χ1n) is 7.13. The maximum Gasteiger partial charge on any atom is 0.307 e. The van der Waals surface area contributed by atoms with Crippen LogP contribution in [0, 0.1) is 0 Å². The summed E-state index contributed by atoms with van der Waals surface area (Å²) < 4.78 is 12.5. The summed E-state index contributed by atoms with van der Waals surface area (Å²) in [4.78, 5) is 12.2. The molecular formula is C17H14N2O3S. The Hall–Kier alpha value is -2.73. The van der Waals surface area contributed by atoms with Crippen LogP contribution in [0.15, 0.2) is 52.6 Å². The van der Waals surface area contributed by atoms with E-state index in [4.69, 9.17) is 15.2 Å². The van der Waals surface area contributed by atoms with Crippen molar-refractivity contribution in [2.75, 3.05) is 12.5 Å². The minimum Gasteiger partial charge on any atom is -0.454 e. The number of nitrogens with zero attached hydrogens (tertiary/aromatic N) is 1. The monoisotopic (exact) mass is 326 g/mol. The number of thiazole rings is 1. The number of nitrogens with two attached hydrogens (primary N) is 1. The molecule has 0 bridgehead atoms. The Balaban J connectivity index is 1.73. The number of anilines is 1. The fourth-order valence-electron chi connectivity index (χ4n) is 2.57. The van der Waals surface area contributed by atoms with E-state index in [1.807, 2.05) is 47.8 Å². The summed E-state index contributed by atoms with van der Waals surface area (Å²) in [6.45, 7) is 0.743. The maximum atomic E-state index is 12.2. The van der Waals surface area contributed by atoms with Gasteiger partial charge in [0.25, 0.3) is 0 Å². The zero-order chi connectivity index (χ0) is 15.8. The van der Waals surface area contributed by atoms with E-state index in [1.165, 1.54) is 11.3 Å². The summed E-state index contributed by atoms with van der Waals surface area (Å²) in [5.74, 6) is 1.44. The molecule has 2 aromatic carbocycles. The number of nitrogen functional groups attached to an aromatic ring is 1. The second-order valence-corrected chi connectivity index (χ2v) is 6.10. The molecule has 3 aromatic rings. The number of ether oxygens (including phenoxy) is 2. The number of fused-ring (bicyclic) bond motifs is 1. The van der Waals surface area contributed by atoms with E-state index in [0.717, 1.165) is 22.6 Å². The number of aromatic nitrogens is 1. The Kier molecular flexibility index (Phi) is 3.31. The van der Waals surface area contributed by atoms with E-state index in [9.17, 15) is 4.79 Å². The number of hydrogen-bond donors (Lipinski definition) is 1. The van der Waals surface area contributed by atoms with Crippen LogP contribution in [0.3, 0.4) is 0 Å². The summed E-state index contributed by atoms with van der Waals surface area (Å²) in [5.41, 5.74) is 9.25. The van der Waals surface area contributed by atoms with Gasteiger partial charge in [-0.1, -0.05) is 23.5 Å². The third-order valence-corrected chi connectivity index (χ3v) is 4.53. The van der Waals surface area contributed by atoms with Crippen molar-refractivity contribution in [1.82, 2.24) is 4.57 Å². The molecule has 0 aliphatic carbocycles. The molecular weight excluding hydrogens is 312 g/mol. The molecule has 0 amide bonds. The van der Waals surface area contributed by atoms with Gasteiger partial charge in [-0.3, -0.25) is 9.36 Å². The average Bonchev–Trinajstić information content (AvgIpc) is 3.16. The Morgan fingerprint density at radius 3 is 2.70 bits per heavy atom. The molecule has 0 radical (unpaired) electrons. The average molecular weight is 326 g/mol. The van der Waals surface area contributed by atoms with Crippen molar-refractivity contribution < 1.29 is 9.47 Å². The molecule has 116 valence electrons. The zero-order valence-corrected chi connectivity index (χ0v) is 13.0. The predicted molar refractivity (Wildman–Crippen MR) is 90.1 cm³/mol. The molecule has 1 aromatic heterocycles. The molecule has 0 saturated heterocycles. The van der Waals surface area contributed by atoms with Gasteiger partial charge in [0.2, 0.25) is 6.79 Å². The quantitative estimate of drug-likeness (QED) is 0.752. The van der Waals surface area contributed by atoms with E-state index < -0.39 is 0 Å². The van der Waals surface area contributed by atoms with E-state index in [0.29, 0.717) is 18.0 Å². The van der Waals surface area contributed by atoms with Crippen LogP contribution in [-0.2, 0) is 6.54 Å². The van der Waals surface area contributed by atoms with Gasteiger partial charge in [-0.05, 0) is 35.9 Å². The van der Waals surface area contributed by atoms with Gasteiger partial charge in [-0.25, -0.2) is 0 Å². The first kappa shape index (κ1) is 13.9. The van der Waals surface area contributed by atoms with Gasteiger partial charge in [0.15, 0.2) is 11.5 Å². The predicted octanol–water partition coefficient (Wildman–Crippen LogP) is 2.94. The van der Waals surface area contributed by atoms with Crippen molar-refractivity contribution in [2.45, 2.75) is 6.54 Å². The first-order valence-corrected chi connectivity index (χ1v) is 8.01. The lowest BCUT2D eigenvalue weighted by atomic mass is 10.1. The molecule has 1 aliphatic heterocycles. The van der Waals surface area contributed by atoms with Gasteiger partial charge < -0.3 is 15.2 Å². The Bertz CT molecular complexity index is 912. The van der Waals surface area contributed by atoms with Crippen LogP contribution >= 0.6 is 11.3 Å². The summed E-state index contributed by atoms with van der Waals surface area (Å²) in [6.07, 6.45) is 0. The molecule has 0 spiro atoms. The SMILES string of the molecule is Nc1ccc(Cn2c(-c3ccc4c(c3)OCO4)csc2=O)cc1. The summed E-state index contributed by atoms with van der Waals surface area (Å²) in [6, 6.07) is 13.3. The summed E-state index contributed by atoms with van der Waals surface area (Å²) in [5, 5.41) is 1.87. The van der Waals surface area contributed by atoms with Gasteiger partial charge in [0, 0.05) is 16.6 Å². The largest absolute Gasteiger partial charge is 0.454 e. The van der Waals surface area contributed by atoms with Gasteiger partial charge in [-0.2, -0.15) is 0 Å². The van der Waals surface area contributed by atoms with Crippen LogP contribution in [0.1, 0.15) is 5.56 Å². The van der Waals surface area contributed by atoms with Crippen molar-refractivity contribution in [3.8, 4) is 22.8 Å². The van der Waals surface area contributed by atoms with Crippen LogP contribution < -0.4 is 20.1 Å². The molecule has 0 saturated carbocycles. The van der Waals surface area contributed by atoms with E-state index in [1.54, 1.807) is 4.57 Å². The van der Waals surface area contributed by atoms with Crippen LogP contribution in [0.4, 0.5) is 5.69 Å². The van der Waals surface area contributed by atoms with E-state index >= 15 is 0 Å². The van der Waals surface area contributed by atoms with Gasteiger partial charge >= 0.3 is 4.87 Å². The molecule has 1 aliphatic rings. The molecule has 5 nitrogen and oxygen atoms in total. The van der Waals surface area contributed by atoms with Gasteiger partial charge in [0.1, 0.15) is 0 Å². The molecule has 0 fully saturated rings. The highest BCUT2D eigenvalue weighted by Crippen LogP contribution is 2.36. The van der Waals surface area contributed by atoms with E-state index in [-0.39, 0.29) is 11.7 Å². The molecule has 2 N–H and O–H groups in total. The van der Waals surface area contributed by atoms with Crippen molar-refractivity contribution >= 4 is 17.0 Å². The fraction of sp³-hybridized carbons (Fsp3) is 0.118. The first-order chi connectivity index (χ1) is 11.2. The van der Waals surface area contributed by atoms with Crippen LogP contribution in [0.2, 0.25) is 0 Å². The van der Waals surface area contributed by atoms with Crippen LogP contribution in [-0.4, -0.2) is 11.4 Å². The standard InChI is InChI=1S/C17H14N2O3S/c18-13-4-1-11(2-5-13)8-19-14(9-23-17(19)20)12-3-6-15-16(7-12)22-10-21-15/h1-7,9H,8,10,18H2. The molecule has 6 heteroatoms. The Morgan fingerprint density at radius 1 is 1.09 bits per heavy atom. The minimum atomic E-state index is 0.00879. The highest BCUT2D eigenvalue weighted by atomic mass is 32.1. The minimum absolute atomic E-state index is 0.00879. The van der Waals surface area contributed by atoms with Crippen molar-refractivity contribution in [3.63, 3.8) is 0 Å². The second kappa shape index (κ2) is 5.48. The normalized spacial score (nSPS) is 12.5. The number of benzene rings is 2. The van der Waals surface area contributed by atoms with Crippen molar-refractivity contribution in [3.05, 3.63) is 63.1 Å². The van der Waals surface area contributed by atoms with Crippen LogP contribution in [0.5, 0.6) is 11.5 Å². The van der Waals surface area contributed by atoms with Crippen molar-refractivity contribution in [2.24, 2.45) is 0 Å². The molecule has 4 rings (SSSR count). The lowest BCUT2D eigenvalue weighted by Gasteiger charge is -2.09. The lowest BCUT2D eigenvalue weighted by Crippen LogP contribution is -2.15. The maximum absolute atomic E-state index is 12.2. The highest BCUT2D eigenvalue weighted by Gasteiger charge is 2.16. The zero-order valence-electron chi connectivity index (χ0n) is 12.2. The lowest BCUT2D eigenvalue weighted by molar-refractivity contribution is 0.174. The molecule has 0 unspecified atom stereocenters. The Labute approximate surface area is 136 Å². The van der Waals surface area contributed by atoms with Crippen LogP contribution in [0.25, 0.3) is 11.3 Å². The number of hydrogen-bond acceptors (Lipinski definition) is 5. The topological polar surface area (TPSA) is 66.5 Å². The van der Waals surface area contributed by atoms with Gasteiger partial charge in [0.05, 0.1) is 12.2 Å². The number of rotatable bonds is 3. The third-order valence-electron chi connectivity index (χ3n) is 3.77. The van der Waals surface area contributed by atoms with Gasteiger partial charge in [-0.15, -0.1) is 0 Å². The van der Waals surface area contributed by atoms with E-state index in [2.05, 4.69) is 0 Å².